The van der Waals surface area contributed by atoms with Crippen molar-refractivity contribution < 1.29 is 9.59 Å². The molecule has 0 atom stereocenters. The number of ketones is 1. The van der Waals surface area contributed by atoms with Crippen molar-refractivity contribution in [2.45, 2.75) is 33.7 Å². The Kier molecular flexibility index (Phi) is 5.09. The largest absolute Gasteiger partial charge is 0.329 e. The van der Waals surface area contributed by atoms with Gasteiger partial charge in [0, 0.05) is 18.7 Å². The fourth-order valence-electron chi connectivity index (χ4n) is 2.83. The Balaban J connectivity index is 2.04. The second-order valence-corrected chi connectivity index (χ2v) is 7.39. The van der Waals surface area contributed by atoms with Crippen LogP contribution in [-0.4, -0.2) is 21.2 Å². The summed E-state index contributed by atoms with van der Waals surface area (Å²) in [6, 6.07) is 7.39. The molecule has 8 heteroatoms. The molecule has 0 saturated heterocycles. The van der Waals surface area contributed by atoms with Crippen LogP contribution in [0.15, 0.2) is 33.9 Å². The van der Waals surface area contributed by atoms with Gasteiger partial charge in [-0.2, -0.15) is 0 Å². The van der Waals surface area contributed by atoms with Crippen molar-refractivity contribution >= 4 is 38.9 Å². The Morgan fingerprint density at radius 2 is 1.89 bits per heavy atom. The number of H-pyrrole nitrogens is 1. The summed E-state index contributed by atoms with van der Waals surface area (Å²) in [5.74, 6) is -0.444. The fraction of sp³-hybridized carbons (Fsp3) is 0.263. The van der Waals surface area contributed by atoms with Crippen LogP contribution in [0, 0.1) is 13.8 Å². The van der Waals surface area contributed by atoms with Gasteiger partial charge in [0.2, 0.25) is 0 Å². The first-order valence-corrected chi connectivity index (χ1v) is 9.24. The Morgan fingerprint density at radius 1 is 1.19 bits per heavy atom. The molecule has 0 aliphatic heterocycles. The third-order valence-corrected chi connectivity index (χ3v) is 5.56. The van der Waals surface area contributed by atoms with Crippen LogP contribution in [0.4, 0.5) is 5.69 Å². The SMILES string of the molecule is CC(=O)CCn1c(=O)[nH]c2sc(C(=O)Nc3ccccc3C)c(C)c2c1=O. The van der Waals surface area contributed by atoms with Crippen molar-refractivity contribution in [1.82, 2.24) is 9.55 Å². The summed E-state index contributed by atoms with van der Waals surface area (Å²) in [7, 11) is 0. The third-order valence-electron chi connectivity index (χ3n) is 4.36. The van der Waals surface area contributed by atoms with Crippen LogP contribution < -0.4 is 16.6 Å². The van der Waals surface area contributed by atoms with Gasteiger partial charge in [-0.25, -0.2) is 4.79 Å². The highest BCUT2D eigenvalue weighted by molar-refractivity contribution is 7.20. The van der Waals surface area contributed by atoms with E-state index in [9.17, 15) is 19.2 Å². The van der Waals surface area contributed by atoms with E-state index >= 15 is 0 Å². The Bertz CT molecular complexity index is 1170. The topological polar surface area (TPSA) is 101 Å². The second kappa shape index (κ2) is 7.32. The number of amides is 1. The Morgan fingerprint density at radius 3 is 2.56 bits per heavy atom. The first-order valence-electron chi connectivity index (χ1n) is 8.42. The number of hydrogen-bond acceptors (Lipinski definition) is 5. The van der Waals surface area contributed by atoms with E-state index in [4.69, 9.17) is 0 Å². The number of hydrogen-bond donors (Lipinski definition) is 2. The van der Waals surface area contributed by atoms with Crippen molar-refractivity contribution in [2.75, 3.05) is 5.32 Å². The molecule has 2 N–H and O–H groups in total. The quantitative estimate of drug-likeness (QED) is 0.705. The predicted octanol–water partition coefficient (Wildman–Crippen LogP) is 2.60. The van der Waals surface area contributed by atoms with Crippen molar-refractivity contribution in [3.63, 3.8) is 0 Å². The molecule has 3 rings (SSSR count). The summed E-state index contributed by atoms with van der Waals surface area (Å²) in [5.41, 5.74) is 1.05. The first kappa shape index (κ1) is 18.8. The minimum atomic E-state index is -0.583. The zero-order valence-corrected chi connectivity index (χ0v) is 16.0. The molecule has 0 aliphatic rings. The van der Waals surface area contributed by atoms with E-state index in [0.717, 1.165) is 21.5 Å². The van der Waals surface area contributed by atoms with Gasteiger partial charge in [0.1, 0.15) is 10.6 Å². The van der Waals surface area contributed by atoms with Crippen LogP contribution in [0.25, 0.3) is 10.2 Å². The van der Waals surface area contributed by atoms with Gasteiger partial charge < -0.3 is 5.32 Å². The average molecular weight is 385 g/mol. The molecule has 0 radical (unpaired) electrons. The lowest BCUT2D eigenvalue weighted by Gasteiger charge is -2.07. The molecule has 0 saturated carbocycles. The second-order valence-electron chi connectivity index (χ2n) is 6.37. The van der Waals surface area contributed by atoms with Gasteiger partial charge in [0.05, 0.1) is 10.3 Å². The van der Waals surface area contributed by atoms with E-state index in [2.05, 4.69) is 10.3 Å². The number of carbonyl (C=O) groups is 2. The van der Waals surface area contributed by atoms with Gasteiger partial charge in [-0.15, -0.1) is 11.3 Å². The normalized spacial score (nSPS) is 10.9. The average Bonchev–Trinajstić information content (AvgIpc) is 2.93. The maximum Gasteiger partial charge on any atom is 0.329 e. The van der Waals surface area contributed by atoms with Gasteiger partial charge in [-0.05, 0) is 38.0 Å². The number of aromatic nitrogens is 2. The van der Waals surface area contributed by atoms with Crippen LogP contribution in [-0.2, 0) is 11.3 Å². The molecule has 2 aromatic heterocycles. The van der Waals surface area contributed by atoms with Gasteiger partial charge in [0.25, 0.3) is 11.5 Å². The van der Waals surface area contributed by atoms with Crippen molar-refractivity contribution in [3.8, 4) is 0 Å². The number of nitrogens with one attached hydrogen (secondary N) is 2. The number of fused-ring (bicyclic) bond motifs is 1. The lowest BCUT2D eigenvalue weighted by Crippen LogP contribution is -2.35. The van der Waals surface area contributed by atoms with Crippen LogP contribution in [0.5, 0.6) is 0 Å². The van der Waals surface area contributed by atoms with Crippen molar-refractivity contribution in [1.29, 1.82) is 0 Å². The molecule has 2 heterocycles. The van der Waals surface area contributed by atoms with Crippen molar-refractivity contribution in [2.24, 2.45) is 0 Å². The number of aromatic amines is 1. The number of anilines is 1. The highest BCUT2D eigenvalue weighted by atomic mass is 32.1. The van der Waals surface area contributed by atoms with Gasteiger partial charge in [-0.1, -0.05) is 18.2 Å². The first-order chi connectivity index (χ1) is 12.8. The summed E-state index contributed by atoms with van der Waals surface area (Å²) in [5, 5.41) is 3.15. The van der Waals surface area contributed by atoms with Crippen LogP contribution >= 0.6 is 11.3 Å². The summed E-state index contributed by atoms with van der Waals surface area (Å²) in [4.78, 5) is 52.2. The number of benzene rings is 1. The Hall–Kier alpha value is -3.00. The molecule has 0 spiro atoms. The minimum absolute atomic E-state index is 0.0134. The summed E-state index contributed by atoms with van der Waals surface area (Å²) in [6.45, 7) is 4.99. The molecule has 140 valence electrons. The molecule has 7 nitrogen and oxygen atoms in total. The minimum Gasteiger partial charge on any atom is -0.321 e. The molecule has 0 unspecified atom stereocenters. The van der Waals surface area contributed by atoms with Gasteiger partial charge in [0.15, 0.2) is 0 Å². The predicted molar refractivity (Wildman–Crippen MR) is 106 cm³/mol. The lowest BCUT2D eigenvalue weighted by molar-refractivity contribution is -0.117. The van der Waals surface area contributed by atoms with Crippen LogP contribution in [0.1, 0.15) is 34.1 Å². The number of aryl methyl sites for hydroxylation is 2. The standard InChI is InChI=1S/C19H19N3O4S/c1-10-6-4-5-7-13(10)20-16(24)15-12(3)14-17(27-15)21-19(26)22(18(14)25)9-8-11(2)23/h4-7H,8-9H2,1-3H3,(H,20,24)(H,21,26). The van der Waals surface area contributed by atoms with E-state index in [1.165, 1.54) is 6.92 Å². The van der Waals surface area contributed by atoms with Crippen LogP contribution in [0.2, 0.25) is 0 Å². The number of rotatable bonds is 5. The third kappa shape index (κ3) is 3.61. The molecule has 0 fully saturated rings. The van der Waals surface area contributed by atoms with E-state index in [1.807, 2.05) is 25.1 Å². The summed E-state index contributed by atoms with van der Waals surface area (Å²) < 4.78 is 1.01. The maximum atomic E-state index is 12.7. The molecule has 3 aromatic rings. The number of para-hydroxylation sites is 1. The molecule has 0 bridgehead atoms. The Labute approximate surface area is 158 Å². The fourth-order valence-corrected chi connectivity index (χ4v) is 3.92. The number of nitrogens with zero attached hydrogens (tertiary/aromatic N) is 1. The zero-order valence-electron chi connectivity index (χ0n) is 15.2. The summed E-state index contributed by atoms with van der Waals surface area (Å²) in [6.07, 6.45) is 0.0955. The van der Waals surface area contributed by atoms with Crippen LogP contribution in [0.3, 0.4) is 0 Å². The lowest BCUT2D eigenvalue weighted by atomic mass is 10.2. The summed E-state index contributed by atoms with van der Waals surface area (Å²) >= 11 is 1.07. The monoisotopic (exact) mass is 385 g/mol. The highest BCUT2D eigenvalue weighted by Crippen LogP contribution is 2.27. The maximum absolute atomic E-state index is 12.7. The highest BCUT2D eigenvalue weighted by Gasteiger charge is 2.20. The van der Waals surface area contributed by atoms with Crippen molar-refractivity contribution in [3.05, 3.63) is 61.1 Å². The molecule has 1 aromatic carbocycles. The van der Waals surface area contributed by atoms with E-state index in [-0.39, 0.29) is 24.7 Å². The number of thiophene rings is 1. The number of Topliss-reactive ketones (excluding diaryl/α,β-unsaturated/α-hetero) is 1. The van der Waals surface area contributed by atoms with E-state index in [1.54, 1.807) is 13.0 Å². The molecule has 1 amide bonds. The molecular formula is C19H19N3O4S. The van der Waals surface area contributed by atoms with Gasteiger partial charge >= 0.3 is 5.69 Å². The molecular weight excluding hydrogens is 366 g/mol. The zero-order chi connectivity index (χ0) is 19.7. The number of carbonyl (C=O) groups excluding carboxylic acids is 2. The molecule has 0 aliphatic carbocycles. The van der Waals surface area contributed by atoms with E-state index < -0.39 is 11.2 Å². The molecule has 27 heavy (non-hydrogen) atoms. The van der Waals surface area contributed by atoms with E-state index in [0.29, 0.717) is 26.3 Å². The smallest absolute Gasteiger partial charge is 0.321 e. The van der Waals surface area contributed by atoms with Gasteiger partial charge in [-0.3, -0.25) is 23.9 Å².